The maximum absolute atomic E-state index is 11.9. The third kappa shape index (κ3) is 4.78. The van der Waals surface area contributed by atoms with Gasteiger partial charge in [0.2, 0.25) is 0 Å². The summed E-state index contributed by atoms with van der Waals surface area (Å²) >= 11 is 0. The van der Waals surface area contributed by atoms with Crippen LogP contribution in [0.3, 0.4) is 0 Å². The smallest absolute Gasteiger partial charge is 0.387 e. The van der Waals surface area contributed by atoms with Gasteiger partial charge in [0.15, 0.2) is 0 Å². The van der Waals surface area contributed by atoms with E-state index in [0.29, 0.717) is 18.7 Å². The largest absolute Gasteiger partial charge is 0.435 e. The second-order valence-corrected chi connectivity index (χ2v) is 3.15. The minimum Gasteiger partial charge on any atom is -0.435 e. The Hall–Kier alpha value is -1.69. The van der Waals surface area contributed by atoms with Gasteiger partial charge in [-0.3, -0.25) is 4.79 Å². The van der Waals surface area contributed by atoms with Crippen molar-refractivity contribution in [2.24, 2.45) is 0 Å². The lowest BCUT2D eigenvalue weighted by Crippen LogP contribution is -2.26. The number of hydrogen-bond acceptors (Lipinski definition) is 3. The summed E-state index contributed by atoms with van der Waals surface area (Å²) in [7, 11) is 1.53. The summed E-state index contributed by atoms with van der Waals surface area (Å²) in [6.45, 7) is -2.06. The van der Waals surface area contributed by atoms with Gasteiger partial charge in [0.25, 0.3) is 5.91 Å². The van der Waals surface area contributed by atoms with Crippen LogP contribution in [0.5, 0.6) is 5.75 Å². The van der Waals surface area contributed by atoms with Crippen molar-refractivity contribution in [2.45, 2.75) is 6.61 Å². The molecule has 0 heterocycles. The van der Waals surface area contributed by atoms with Gasteiger partial charge in [0.1, 0.15) is 5.75 Å². The molecule has 0 unspecified atom stereocenters. The zero-order valence-electron chi connectivity index (χ0n) is 9.28. The molecule has 0 bridgehead atoms. The normalized spacial score (nSPS) is 10.4. The van der Waals surface area contributed by atoms with Crippen LogP contribution in [-0.4, -0.2) is 32.8 Å². The topological polar surface area (TPSA) is 47.6 Å². The number of amides is 1. The second kappa shape index (κ2) is 6.80. The predicted molar refractivity (Wildman–Crippen MR) is 57.3 cm³/mol. The van der Waals surface area contributed by atoms with Crippen LogP contribution in [-0.2, 0) is 4.74 Å². The number of hydrogen-bond donors (Lipinski definition) is 1. The Labute approximate surface area is 97.5 Å². The lowest BCUT2D eigenvalue weighted by atomic mass is 10.2. The van der Waals surface area contributed by atoms with Crippen molar-refractivity contribution in [3.63, 3.8) is 0 Å². The average Bonchev–Trinajstić information content (AvgIpc) is 2.29. The molecule has 94 valence electrons. The number of ether oxygens (including phenoxy) is 2. The molecule has 0 spiro atoms. The third-order valence-corrected chi connectivity index (χ3v) is 1.93. The van der Waals surface area contributed by atoms with Gasteiger partial charge < -0.3 is 14.8 Å². The summed E-state index contributed by atoms with van der Waals surface area (Å²) in [6.07, 6.45) is 0. The highest BCUT2D eigenvalue weighted by Crippen LogP contribution is 2.14. The number of nitrogens with one attached hydrogen (secondary N) is 1. The molecular formula is C11H13F2NO3. The van der Waals surface area contributed by atoms with Crippen LogP contribution in [0, 0.1) is 0 Å². The minimum absolute atomic E-state index is 0.0217. The van der Waals surface area contributed by atoms with Crippen LogP contribution in [0.1, 0.15) is 10.4 Å². The van der Waals surface area contributed by atoms with Crippen molar-refractivity contribution >= 4 is 5.91 Å². The zero-order valence-corrected chi connectivity index (χ0v) is 9.28. The number of halogens is 2. The van der Waals surface area contributed by atoms with Gasteiger partial charge >= 0.3 is 6.61 Å². The fraction of sp³-hybridized carbons (Fsp3) is 0.364. The summed E-state index contributed by atoms with van der Waals surface area (Å²) in [4.78, 5) is 11.5. The van der Waals surface area contributed by atoms with Gasteiger partial charge in [-0.2, -0.15) is 8.78 Å². The molecule has 0 aromatic heterocycles. The standard InChI is InChI=1S/C11H13F2NO3/c1-16-7-6-14-10(15)8-2-4-9(5-3-8)17-11(12)13/h2-5,11H,6-7H2,1H3,(H,14,15). The zero-order chi connectivity index (χ0) is 12.7. The monoisotopic (exact) mass is 245 g/mol. The number of carbonyl (C=O) groups excluding carboxylic acids is 1. The number of benzene rings is 1. The number of alkyl halides is 2. The molecule has 0 fully saturated rings. The van der Waals surface area contributed by atoms with E-state index in [1.807, 2.05) is 0 Å². The van der Waals surface area contributed by atoms with Crippen molar-refractivity contribution in [1.82, 2.24) is 5.32 Å². The van der Waals surface area contributed by atoms with Crippen molar-refractivity contribution < 1.29 is 23.0 Å². The maximum atomic E-state index is 11.9. The van der Waals surface area contributed by atoms with Crippen molar-refractivity contribution in [1.29, 1.82) is 0 Å². The van der Waals surface area contributed by atoms with E-state index in [2.05, 4.69) is 10.1 Å². The molecule has 0 atom stereocenters. The summed E-state index contributed by atoms with van der Waals surface area (Å²) < 4.78 is 32.7. The van der Waals surface area contributed by atoms with E-state index in [1.165, 1.54) is 31.4 Å². The Kier molecular flexibility index (Phi) is 5.35. The fourth-order valence-electron chi connectivity index (χ4n) is 1.16. The summed E-state index contributed by atoms with van der Waals surface area (Å²) in [5.41, 5.74) is 0.378. The molecule has 1 aromatic carbocycles. The van der Waals surface area contributed by atoms with Crippen LogP contribution in [0.2, 0.25) is 0 Å². The molecule has 17 heavy (non-hydrogen) atoms. The van der Waals surface area contributed by atoms with Gasteiger partial charge in [0.05, 0.1) is 6.61 Å². The van der Waals surface area contributed by atoms with E-state index in [-0.39, 0.29) is 11.7 Å². The number of methoxy groups -OCH3 is 1. The molecule has 1 rings (SSSR count). The number of rotatable bonds is 6. The predicted octanol–water partition coefficient (Wildman–Crippen LogP) is 1.66. The van der Waals surface area contributed by atoms with Gasteiger partial charge in [-0.15, -0.1) is 0 Å². The lowest BCUT2D eigenvalue weighted by Gasteiger charge is -2.06. The van der Waals surface area contributed by atoms with Gasteiger partial charge in [0, 0.05) is 19.2 Å². The maximum Gasteiger partial charge on any atom is 0.387 e. The van der Waals surface area contributed by atoms with E-state index in [0.717, 1.165) is 0 Å². The van der Waals surface area contributed by atoms with Gasteiger partial charge in [-0.05, 0) is 24.3 Å². The average molecular weight is 245 g/mol. The molecule has 0 aliphatic heterocycles. The fourth-order valence-corrected chi connectivity index (χ4v) is 1.16. The molecule has 6 heteroatoms. The summed E-state index contributed by atoms with van der Waals surface area (Å²) in [5, 5.41) is 2.61. The Bertz CT molecular complexity index is 354. The Morgan fingerprint density at radius 3 is 2.53 bits per heavy atom. The van der Waals surface area contributed by atoms with Crippen LogP contribution >= 0.6 is 0 Å². The molecule has 0 aliphatic rings. The molecule has 1 N–H and O–H groups in total. The molecule has 0 radical (unpaired) electrons. The Balaban J connectivity index is 2.52. The quantitative estimate of drug-likeness (QED) is 0.775. The van der Waals surface area contributed by atoms with Crippen LogP contribution in [0.4, 0.5) is 8.78 Å². The highest BCUT2D eigenvalue weighted by molar-refractivity contribution is 5.94. The molecular weight excluding hydrogens is 232 g/mol. The van der Waals surface area contributed by atoms with Crippen LogP contribution < -0.4 is 10.1 Å². The van der Waals surface area contributed by atoms with E-state index >= 15 is 0 Å². The lowest BCUT2D eigenvalue weighted by molar-refractivity contribution is -0.0498. The van der Waals surface area contributed by atoms with Gasteiger partial charge in [-0.25, -0.2) is 0 Å². The van der Waals surface area contributed by atoms with Crippen LogP contribution in [0.25, 0.3) is 0 Å². The first-order valence-corrected chi connectivity index (χ1v) is 4.95. The van der Waals surface area contributed by atoms with Crippen molar-refractivity contribution in [3.8, 4) is 5.75 Å². The Morgan fingerprint density at radius 1 is 1.35 bits per heavy atom. The Morgan fingerprint density at radius 2 is 2.00 bits per heavy atom. The minimum atomic E-state index is -2.86. The van der Waals surface area contributed by atoms with E-state index in [9.17, 15) is 13.6 Å². The highest BCUT2D eigenvalue weighted by Gasteiger charge is 2.07. The molecule has 1 aromatic rings. The summed E-state index contributed by atoms with van der Waals surface area (Å²) in [5.74, 6) is -0.265. The van der Waals surface area contributed by atoms with E-state index in [4.69, 9.17) is 4.74 Å². The second-order valence-electron chi connectivity index (χ2n) is 3.15. The first kappa shape index (κ1) is 13.4. The highest BCUT2D eigenvalue weighted by atomic mass is 19.3. The molecule has 1 amide bonds. The molecule has 0 saturated heterocycles. The first-order valence-electron chi connectivity index (χ1n) is 4.95. The van der Waals surface area contributed by atoms with Gasteiger partial charge in [-0.1, -0.05) is 0 Å². The van der Waals surface area contributed by atoms with E-state index < -0.39 is 6.61 Å². The van der Waals surface area contributed by atoms with E-state index in [1.54, 1.807) is 0 Å². The first-order chi connectivity index (χ1) is 8.13. The van der Waals surface area contributed by atoms with Crippen molar-refractivity contribution in [3.05, 3.63) is 29.8 Å². The summed E-state index contributed by atoms with van der Waals surface area (Å²) in [6, 6.07) is 5.47. The number of carbonyl (C=O) groups is 1. The molecule has 0 aliphatic carbocycles. The van der Waals surface area contributed by atoms with Crippen molar-refractivity contribution in [2.75, 3.05) is 20.3 Å². The third-order valence-electron chi connectivity index (χ3n) is 1.93. The molecule has 0 saturated carbocycles. The van der Waals surface area contributed by atoms with Crippen LogP contribution in [0.15, 0.2) is 24.3 Å². The SMILES string of the molecule is COCCNC(=O)c1ccc(OC(F)F)cc1. The molecule has 4 nitrogen and oxygen atoms in total.